The number of amides is 1. The van der Waals surface area contributed by atoms with Crippen LogP contribution in [0.4, 0.5) is 5.69 Å². The predicted molar refractivity (Wildman–Crippen MR) is 89.3 cm³/mol. The lowest BCUT2D eigenvalue weighted by Gasteiger charge is -2.19. The summed E-state index contributed by atoms with van der Waals surface area (Å²) < 4.78 is 24.9. The summed E-state index contributed by atoms with van der Waals surface area (Å²) in [6.45, 7) is 1.67. The summed E-state index contributed by atoms with van der Waals surface area (Å²) in [5.41, 5.74) is 2.17. The molecule has 1 N–H and O–H groups in total. The zero-order valence-corrected chi connectivity index (χ0v) is 13.9. The Bertz CT molecular complexity index is 776. The first-order chi connectivity index (χ1) is 10.9. The molecule has 0 atom stereocenters. The van der Waals surface area contributed by atoms with Gasteiger partial charge in [-0.05, 0) is 30.7 Å². The van der Waals surface area contributed by atoms with Gasteiger partial charge >= 0.3 is 0 Å². The molecule has 1 amide bonds. The monoisotopic (exact) mass is 333 g/mol. The molecule has 0 aliphatic rings. The van der Waals surface area contributed by atoms with E-state index < -0.39 is 10.0 Å². The number of nitrogens with one attached hydrogen (secondary N) is 1. The molecule has 0 aliphatic heterocycles. The summed E-state index contributed by atoms with van der Waals surface area (Å²) in [5, 5.41) is 2.73. The summed E-state index contributed by atoms with van der Waals surface area (Å²) in [6, 6.07) is 12.6. The standard InChI is InChI=1S/C16H19N3O3S/c1-13-7-3-4-9-15(13)18-16(20)12-19(23(2,21)22)11-14-8-5-6-10-17-14/h3-10H,11-12H2,1-2H3,(H,18,20). The third kappa shape index (κ3) is 5.15. The molecule has 0 fully saturated rings. The van der Waals surface area contributed by atoms with E-state index in [0.29, 0.717) is 11.4 Å². The molecule has 0 bridgehead atoms. The number of rotatable bonds is 6. The summed E-state index contributed by atoms with van der Waals surface area (Å²) in [6.07, 6.45) is 2.67. The number of hydrogen-bond acceptors (Lipinski definition) is 4. The molecule has 0 saturated heterocycles. The third-order valence-electron chi connectivity index (χ3n) is 3.27. The van der Waals surface area contributed by atoms with E-state index in [1.165, 1.54) is 0 Å². The van der Waals surface area contributed by atoms with Gasteiger partial charge < -0.3 is 5.32 Å². The number of carbonyl (C=O) groups excluding carboxylic acids is 1. The highest BCUT2D eigenvalue weighted by Gasteiger charge is 2.21. The van der Waals surface area contributed by atoms with Gasteiger partial charge in [-0.3, -0.25) is 9.78 Å². The lowest BCUT2D eigenvalue weighted by atomic mass is 10.2. The molecule has 0 radical (unpaired) electrons. The molecule has 0 saturated carbocycles. The Morgan fingerprint density at radius 1 is 1.17 bits per heavy atom. The molecular weight excluding hydrogens is 314 g/mol. The molecule has 7 heteroatoms. The van der Waals surface area contributed by atoms with E-state index in [1.54, 1.807) is 30.5 Å². The predicted octanol–water partition coefficient (Wildman–Crippen LogP) is 1.79. The minimum Gasteiger partial charge on any atom is -0.325 e. The van der Waals surface area contributed by atoms with Gasteiger partial charge in [0.2, 0.25) is 15.9 Å². The van der Waals surface area contributed by atoms with Crippen molar-refractivity contribution in [3.63, 3.8) is 0 Å². The zero-order chi connectivity index (χ0) is 16.9. The molecule has 1 heterocycles. The number of sulfonamides is 1. The van der Waals surface area contributed by atoms with Crippen molar-refractivity contribution >= 4 is 21.6 Å². The highest BCUT2D eigenvalue weighted by Crippen LogP contribution is 2.13. The largest absolute Gasteiger partial charge is 0.325 e. The van der Waals surface area contributed by atoms with Crippen LogP contribution >= 0.6 is 0 Å². The first-order valence-electron chi connectivity index (χ1n) is 7.07. The highest BCUT2D eigenvalue weighted by molar-refractivity contribution is 7.88. The summed E-state index contributed by atoms with van der Waals surface area (Å²) in [5.74, 6) is -0.388. The van der Waals surface area contributed by atoms with E-state index in [-0.39, 0.29) is 19.0 Å². The molecule has 0 aliphatic carbocycles. The number of hydrogen-bond donors (Lipinski definition) is 1. The van der Waals surface area contributed by atoms with Crippen molar-refractivity contribution in [2.75, 3.05) is 18.1 Å². The molecule has 2 rings (SSSR count). The lowest BCUT2D eigenvalue weighted by molar-refractivity contribution is -0.116. The fourth-order valence-corrected chi connectivity index (χ4v) is 2.74. The Balaban J connectivity index is 2.09. The van der Waals surface area contributed by atoms with Gasteiger partial charge in [0.05, 0.1) is 25.0 Å². The van der Waals surface area contributed by atoms with Crippen LogP contribution in [-0.4, -0.2) is 36.4 Å². The molecule has 0 unspecified atom stereocenters. The maximum atomic E-state index is 12.2. The van der Waals surface area contributed by atoms with Crippen LogP contribution < -0.4 is 5.32 Å². The normalized spacial score (nSPS) is 11.4. The number of anilines is 1. The average Bonchev–Trinajstić information content (AvgIpc) is 2.49. The quantitative estimate of drug-likeness (QED) is 0.874. The minimum absolute atomic E-state index is 0.0564. The van der Waals surface area contributed by atoms with Crippen molar-refractivity contribution < 1.29 is 13.2 Å². The Morgan fingerprint density at radius 2 is 1.87 bits per heavy atom. The van der Waals surface area contributed by atoms with Crippen LogP contribution in [0.25, 0.3) is 0 Å². The highest BCUT2D eigenvalue weighted by atomic mass is 32.2. The van der Waals surface area contributed by atoms with Crippen LogP contribution in [0.3, 0.4) is 0 Å². The van der Waals surface area contributed by atoms with E-state index in [1.807, 2.05) is 25.1 Å². The fraction of sp³-hybridized carbons (Fsp3) is 0.250. The number of pyridine rings is 1. The van der Waals surface area contributed by atoms with Crippen LogP contribution in [0.5, 0.6) is 0 Å². The average molecular weight is 333 g/mol. The van der Waals surface area contributed by atoms with Gasteiger partial charge in [0, 0.05) is 11.9 Å². The Labute approximate surface area is 136 Å². The van der Waals surface area contributed by atoms with Gasteiger partial charge in [-0.25, -0.2) is 8.42 Å². The fourth-order valence-electron chi connectivity index (χ4n) is 2.03. The van der Waals surface area contributed by atoms with Gasteiger partial charge in [0.15, 0.2) is 0 Å². The van der Waals surface area contributed by atoms with Gasteiger partial charge in [-0.2, -0.15) is 4.31 Å². The Morgan fingerprint density at radius 3 is 2.48 bits per heavy atom. The van der Waals surface area contributed by atoms with Crippen molar-refractivity contribution in [2.45, 2.75) is 13.5 Å². The van der Waals surface area contributed by atoms with Crippen molar-refractivity contribution in [1.82, 2.24) is 9.29 Å². The maximum absolute atomic E-state index is 12.2. The number of nitrogens with zero attached hydrogens (tertiary/aromatic N) is 2. The number of carbonyl (C=O) groups is 1. The first kappa shape index (κ1) is 17.1. The topological polar surface area (TPSA) is 79.4 Å². The third-order valence-corrected chi connectivity index (χ3v) is 4.47. The molecular formula is C16H19N3O3S. The molecule has 6 nitrogen and oxygen atoms in total. The SMILES string of the molecule is Cc1ccccc1NC(=O)CN(Cc1ccccn1)S(C)(=O)=O. The van der Waals surface area contributed by atoms with Crippen LogP contribution in [0, 0.1) is 6.92 Å². The van der Waals surface area contributed by atoms with Crippen molar-refractivity contribution in [2.24, 2.45) is 0 Å². The Hall–Kier alpha value is -2.25. The number of aromatic nitrogens is 1. The zero-order valence-electron chi connectivity index (χ0n) is 13.1. The van der Waals surface area contributed by atoms with Crippen LogP contribution in [-0.2, 0) is 21.4 Å². The van der Waals surface area contributed by atoms with Gasteiger partial charge in [-0.1, -0.05) is 24.3 Å². The number of para-hydroxylation sites is 1. The molecule has 23 heavy (non-hydrogen) atoms. The summed E-state index contributed by atoms with van der Waals surface area (Å²) in [7, 11) is -3.53. The van der Waals surface area contributed by atoms with Gasteiger partial charge in [0.1, 0.15) is 0 Å². The summed E-state index contributed by atoms with van der Waals surface area (Å²) in [4.78, 5) is 16.3. The van der Waals surface area contributed by atoms with Crippen molar-refractivity contribution in [3.8, 4) is 0 Å². The second-order valence-electron chi connectivity index (χ2n) is 5.22. The van der Waals surface area contributed by atoms with Crippen molar-refractivity contribution in [3.05, 3.63) is 59.9 Å². The molecule has 2 aromatic rings. The minimum atomic E-state index is -3.53. The second-order valence-corrected chi connectivity index (χ2v) is 7.20. The number of benzene rings is 1. The van der Waals surface area contributed by atoms with Crippen LogP contribution in [0.1, 0.15) is 11.3 Å². The second kappa shape index (κ2) is 7.34. The van der Waals surface area contributed by atoms with Crippen molar-refractivity contribution in [1.29, 1.82) is 0 Å². The van der Waals surface area contributed by atoms with Crippen LogP contribution in [0.2, 0.25) is 0 Å². The van der Waals surface area contributed by atoms with E-state index in [0.717, 1.165) is 16.1 Å². The molecule has 1 aromatic carbocycles. The lowest BCUT2D eigenvalue weighted by Crippen LogP contribution is -2.37. The van der Waals surface area contributed by atoms with E-state index in [9.17, 15) is 13.2 Å². The molecule has 122 valence electrons. The summed E-state index contributed by atoms with van der Waals surface area (Å²) >= 11 is 0. The van der Waals surface area contributed by atoms with Gasteiger partial charge in [-0.15, -0.1) is 0 Å². The smallest absolute Gasteiger partial charge is 0.239 e. The Kier molecular flexibility index (Phi) is 5.46. The van der Waals surface area contributed by atoms with E-state index in [4.69, 9.17) is 0 Å². The first-order valence-corrected chi connectivity index (χ1v) is 8.91. The number of aryl methyl sites for hydroxylation is 1. The van der Waals surface area contributed by atoms with E-state index >= 15 is 0 Å². The van der Waals surface area contributed by atoms with Crippen LogP contribution in [0.15, 0.2) is 48.7 Å². The molecule has 1 aromatic heterocycles. The van der Waals surface area contributed by atoms with E-state index in [2.05, 4.69) is 10.3 Å². The molecule has 0 spiro atoms. The maximum Gasteiger partial charge on any atom is 0.239 e. The van der Waals surface area contributed by atoms with Gasteiger partial charge in [0.25, 0.3) is 0 Å².